The topological polar surface area (TPSA) is 64.3 Å². The van der Waals surface area contributed by atoms with Gasteiger partial charge < -0.3 is 15.8 Å². The van der Waals surface area contributed by atoms with Crippen LogP contribution in [0.25, 0.3) is 0 Å². The molecule has 0 aromatic rings. The number of hydrogen-bond donors (Lipinski definition) is 2. The van der Waals surface area contributed by atoms with Crippen molar-refractivity contribution in [2.45, 2.75) is 38.1 Å². The molecule has 1 rings (SSSR count). The molecule has 1 aliphatic rings. The average Bonchev–Trinajstić information content (AvgIpc) is 2.22. The summed E-state index contributed by atoms with van der Waals surface area (Å²) in [6, 6.07) is 0. The average molecular weight is 214 g/mol. The maximum Gasteiger partial charge on any atom is 0.246 e. The van der Waals surface area contributed by atoms with Crippen molar-refractivity contribution < 1.29 is 9.53 Å². The fourth-order valence-corrected chi connectivity index (χ4v) is 2.40. The number of ether oxygens (including phenoxy) is 1. The summed E-state index contributed by atoms with van der Waals surface area (Å²) in [6.07, 6.45) is 4.52. The Bertz CT molecular complexity index is 221. The first-order valence-electron chi connectivity index (χ1n) is 5.64. The fourth-order valence-electron chi connectivity index (χ4n) is 2.40. The molecule has 1 amide bonds. The zero-order chi connectivity index (χ0) is 11.3. The minimum absolute atomic E-state index is 0.0586. The number of carbonyl (C=O) groups excluding carboxylic acids is 1. The first-order chi connectivity index (χ1) is 7.14. The molecule has 0 spiro atoms. The van der Waals surface area contributed by atoms with Crippen LogP contribution in [0.1, 0.15) is 32.6 Å². The Morgan fingerprint density at radius 3 is 2.87 bits per heavy atom. The summed E-state index contributed by atoms with van der Waals surface area (Å²) in [5, 5.41) is 3.04. The Morgan fingerprint density at radius 1 is 1.60 bits per heavy atom. The molecule has 4 nitrogen and oxygen atoms in total. The minimum Gasteiger partial charge on any atom is -0.375 e. The van der Waals surface area contributed by atoms with Crippen LogP contribution in [-0.2, 0) is 9.53 Å². The third kappa shape index (κ3) is 2.92. The van der Waals surface area contributed by atoms with Gasteiger partial charge in [0.25, 0.3) is 0 Å². The normalized spacial score (nSPS) is 31.3. The monoisotopic (exact) mass is 214 g/mol. The highest BCUT2D eigenvalue weighted by atomic mass is 16.5. The van der Waals surface area contributed by atoms with Crippen LogP contribution in [0.2, 0.25) is 0 Å². The van der Waals surface area contributed by atoms with Crippen molar-refractivity contribution in [3.8, 4) is 0 Å². The van der Waals surface area contributed by atoms with Crippen LogP contribution in [0.4, 0.5) is 0 Å². The van der Waals surface area contributed by atoms with E-state index in [-0.39, 0.29) is 18.1 Å². The molecule has 88 valence electrons. The summed E-state index contributed by atoms with van der Waals surface area (Å²) >= 11 is 0. The number of amides is 1. The van der Waals surface area contributed by atoms with E-state index in [1.165, 1.54) is 13.5 Å². The molecular formula is C11H22N2O2. The van der Waals surface area contributed by atoms with Crippen LogP contribution in [0.3, 0.4) is 0 Å². The molecule has 3 N–H and O–H groups in total. The van der Waals surface area contributed by atoms with Gasteiger partial charge in [-0.25, -0.2) is 0 Å². The van der Waals surface area contributed by atoms with Crippen LogP contribution in [0, 0.1) is 5.92 Å². The highest BCUT2D eigenvalue weighted by molar-refractivity contribution is 5.78. The van der Waals surface area contributed by atoms with Gasteiger partial charge in [-0.15, -0.1) is 0 Å². The van der Waals surface area contributed by atoms with E-state index >= 15 is 0 Å². The third-order valence-corrected chi connectivity index (χ3v) is 3.48. The first-order valence-corrected chi connectivity index (χ1v) is 5.64. The summed E-state index contributed by atoms with van der Waals surface area (Å²) in [5.74, 6) is 0.397. The van der Waals surface area contributed by atoms with E-state index < -0.39 is 0 Å². The Balaban J connectivity index is 2.61. The van der Waals surface area contributed by atoms with Crippen molar-refractivity contribution in [3.63, 3.8) is 0 Å². The van der Waals surface area contributed by atoms with Crippen LogP contribution < -0.4 is 11.1 Å². The number of hydrogen-bond acceptors (Lipinski definition) is 3. The van der Waals surface area contributed by atoms with E-state index in [1.54, 1.807) is 0 Å². The van der Waals surface area contributed by atoms with Gasteiger partial charge in [0, 0.05) is 13.7 Å². The van der Waals surface area contributed by atoms with Gasteiger partial charge in [-0.1, -0.05) is 19.8 Å². The number of methoxy groups -OCH3 is 1. The predicted octanol–water partition coefficient (Wildman–Crippen LogP) is 0.657. The van der Waals surface area contributed by atoms with E-state index in [9.17, 15) is 4.79 Å². The van der Waals surface area contributed by atoms with E-state index in [4.69, 9.17) is 10.5 Å². The highest BCUT2D eigenvalue weighted by Gasteiger charge is 2.37. The molecule has 0 aromatic carbocycles. The molecule has 0 radical (unpaired) electrons. The van der Waals surface area contributed by atoms with Crippen molar-refractivity contribution in [1.82, 2.24) is 5.32 Å². The Kier molecular flexibility index (Phi) is 4.54. The molecule has 2 atom stereocenters. The van der Waals surface area contributed by atoms with Crippen LogP contribution >= 0.6 is 0 Å². The number of nitrogens with two attached hydrogens (primary N) is 1. The van der Waals surface area contributed by atoms with Crippen LogP contribution in [0.15, 0.2) is 0 Å². The maximum absolute atomic E-state index is 11.5. The van der Waals surface area contributed by atoms with E-state index in [1.807, 2.05) is 0 Å². The summed E-state index contributed by atoms with van der Waals surface area (Å²) < 4.78 is 4.82. The van der Waals surface area contributed by atoms with Gasteiger partial charge in [-0.05, 0) is 18.8 Å². The SMILES string of the molecule is COCC(=O)NC1(CN)CCCCC1C. The number of rotatable bonds is 4. The molecule has 15 heavy (non-hydrogen) atoms. The van der Waals surface area contributed by atoms with Crippen molar-refractivity contribution >= 4 is 5.91 Å². The second-order valence-corrected chi connectivity index (χ2v) is 4.49. The molecule has 0 bridgehead atoms. The summed E-state index contributed by atoms with van der Waals surface area (Å²) in [7, 11) is 1.53. The Morgan fingerprint density at radius 2 is 2.33 bits per heavy atom. The second kappa shape index (κ2) is 5.47. The summed E-state index contributed by atoms with van der Waals surface area (Å²) in [4.78, 5) is 11.5. The lowest BCUT2D eigenvalue weighted by molar-refractivity contribution is -0.127. The van der Waals surface area contributed by atoms with E-state index in [0.29, 0.717) is 12.5 Å². The molecule has 0 aliphatic heterocycles. The largest absolute Gasteiger partial charge is 0.375 e. The third-order valence-electron chi connectivity index (χ3n) is 3.48. The van der Waals surface area contributed by atoms with Gasteiger partial charge in [-0.2, -0.15) is 0 Å². The van der Waals surface area contributed by atoms with Crippen LogP contribution in [-0.4, -0.2) is 31.7 Å². The van der Waals surface area contributed by atoms with Gasteiger partial charge in [0.1, 0.15) is 6.61 Å². The molecule has 0 saturated heterocycles. The van der Waals surface area contributed by atoms with Gasteiger partial charge in [0.2, 0.25) is 5.91 Å². The van der Waals surface area contributed by atoms with Gasteiger partial charge in [-0.3, -0.25) is 4.79 Å². The lowest BCUT2D eigenvalue weighted by Gasteiger charge is -2.42. The van der Waals surface area contributed by atoms with E-state index in [0.717, 1.165) is 19.3 Å². The first kappa shape index (κ1) is 12.5. The lowest BCUT2D eigenvalue weighted by atomic mass is 9.73. The molecule has 1 aliphatic carbocycles. The van der Waals surface area contributed by atoms with Crippen molar-refractivity contribution in [2.75, 3.05) is 20.3 Å². The van der Waals surface area contributed by atoms with Crippen molar-refractivity contribution in [1.29, 1.82) is 0 Å². The predicted molar refractivity (Wildman–Crippen MR) is 59.4 cm³/mol. The molecule has 2 unspecified atom stereocenters. The molecule has 1 fully saturated rings. The Labute approximate surface area is 91.5 Å². The smallest absolute Gasteiger partial charge is 0.246 e. The minimum atomic E-state index is -0.201. The molecule has 0 heterocycles. The zero-order valence-corrected chi connectivity index (χ0v) is 9.71. The van der Waals surface area contributed by atoms with E-state index in [2.05, 4.69) is 12.2 Å². The molecule has 0 aromatic heterocycles. The summed E-state index contributed by atoms with van der Waals surface area (Å²) in [5.41, 5.74) is 5.62. The second-order valence-electron chi connectivity index (χ2n) is 4.49. The fraction of sp³-hybridized carbons (Fsp3) is 0.909. The van der Waals surface area contributed by atoms with Gasteiger partial charge >= 0.3 is 0 Å². The summed E-state index contributed by atoms with van der Waals surface area (Å²) in [6.45, 7) is 2.80. The van der Waals surface area contributed by atoms with Gasteiger partial charge in [0.15, 0.2) is 0 Å². The maximum atomic E-state index is 11.5. The van der Waals surface area contributed by atoms with Crippen molar-refractivity contribution in [3.05, 3.63) is 0 Å². The Hall–Kier alpha value is -0.610. The van der Waals surface area contributed by atoms with Crippen LogP contribution in [0.5, 0.6) is 0 Å². The number of carbonyl (C=O) groups is 1. The lowest BCUT2D eigenvalue weighted by Crippen LogP contribution is -2.59. The number of nitrogens with one attached hydrogen (secondary N) is 1. The quantitative estimate of drug-likeness (QED) is 0.722. The highest BCUT2D eigenvalue weighted by Crippen LogP contribution is 2.32. The molecule has 4 heteroatoms. The zero-order valence-electron chi connectivity index (χ0n) is 9.71. The standard InChI is InChI=1S/C11H22N2O2/c1-9-5-3-4-6-11(9,8-12)13-10(14)7-15-2/h9H,3-8,12H2,1-2H3,(H,13,14). The van der Waals surface area contributed by atoms with Gasteiger partial charge in [0.05, 0.1) is 5.54 Å². The van der Waals surface area contributed by atoms with Crippen molar-refractivity contribution in [2.24, 2.45) is 11.7 Å². The molecular weight excluding hydrogens is 192 g/mol. The molecule has 1 saturated carbocycles.